The summed E-state index contributed by atoms with van der Waals surface area (Å²) in [6, 6.07) is 1.82. The number of furan rings is 1. The van der Waals surface area contributed by atoms with Crippen LogP contribution >= 0.6 is 0 Å². The summed E-state index contributed by atoms with van der Waals surface area (Å²) in [6.45, 7) is 5.90. The number of nitrogens with zero attached hydrogens (tertiary/aromatic N) is 4. The van der Waals surface area contributed by atoms with Crippen molar-refractivity contribution in [2.45, 2.75) is 26.8 Å². The number of H-pyrrole nitrogens is 1. The average molecular weight is 328 g/mol. The number of aryl methyl sites for hydroxylation is 2. The molecule has 0 spiro atoms. The molecule has 3 rings (SSSR count). The minimum Gasteiger partial charge on any atom is -0.466 e. The molecule has 0 radical (unpaired) electrons. The molecule has 0 aromatic carbocycles. The number of carbonyl (C=O) groups excluding carboxylic acids is 1. The standard InChI is InChI=1S/C16H20N6O2/c1-9-5-12(11(3)24-9)10(2)21-13(23)6-22(4)16-14-15(18-7-17-14)19-8-20-16/h5,7-8,10H,6H2,1-4H3,(H,21,23)(H,17,18,19,20). The van der Waals surface area contributed by atoms with Crippen molar-refractivity contribution in [2.24, 2.45) is 0 Å². The van der Waals surface area contributed by atoms with Gasteiger partial charge < -0.3 is 19.6 Å². The first-order valence-electron chi connectivity index (χ1n) is 7.67. The van der Waals surface area contributed by atoms with Crippen LogP contribution in [0.15, 0.2) is 23.1 Å². The first-order valence-corrected chi connectivity index (χ1v) is 7.67. The lowest BCUT2D eigenvalue weighted by Crippen LogP contribution is -2.37. The lowest BCUT2D eigenvalue weighted by atomic mass is 10.1. The highest BCUT2D eigenvalue weighted by Crippen LogP contribution is 2.21. The van der Waals surface area contributed by atoms with Crippen molar-refractivity contribution < 1.29 is 9.21 Å². The zero-order valence-corrected chi connectivity index (χ0v) is 14.1. The number of anilines is 1. The van der Waals surface area contributed by atoms with Gasteiger partial charge in [-0.05, 0) is 26.8 Å². The molecule has 0 bridgehead atoms. The highest BCUT2D eigenvalue weighted by atomic mass is 16.3. The van der Waals surface area contributed by atoms with Crippen molar-refractivity contribution in [1.82, 2.24) is 25.3 Å². The maximum absolute atomic E-state index is 12.4. The molecule has 0 aliphatic carbocycles. The molecule has 0 saturated heterocycles. The Morgan fingerprint density at radius 2 is 2.17 bits per heavy atom. The molecule has 1 unspecified atom stereocenters. The van der Waals surface area contributed by atoms with Gasteiger partial charge in [0.25, 0.3) is 0 Å². The number of fused-ring (bicyclic) bond motifs is 1. The largest absolute Gasteiger partial charge is 0.466 e. The van der Waals surface area contributed by atoms with Gasteiger partial charge in [-0.2, -0.15) is 0 Å². The van der Waals surface area contributed by atoms with Crippen LogP contribution in [0.3, 0.4) is 0 Å². The van der Waals surface area contributed by atoms with E-state index >= 15 is 0 Å². The van der Waals surface area contributed by atoms with E-state index in [-0.39, 0.29) is 18.5 Å². The molecule has 126 valence electrons. The zero-order chi connectivity index (χ0) is 17.3. The van der Waals surface area contributed by atoms with E-state index in [4.69, 9.17) is 4.42 Å². The molecule has 24 heavy (non-hydrogen) atoms. The molecule has 1 atom stereocenters. The summed E-state index contributed by atoms with van der Waals surface area (Å²) in [5.74, 6) is 2.19. The summed E-state index contributed by atoms with van der Waals surface area (Å²) in [6.07, 6.45) is 3.00. The van der Waals surface area contributed by atoms with Crippen LogP contribution in [0.2, 0.25) is 0 Å². The number of aromatic amines is 1. The summed E-state index contributed by atoms with van der Waals surface area (Å²) >= 11 is 0. The molecule has 3 aromatic heterocycles. The molecule has 0 fully saturated rings. The van der Waals surface area contributed by atoms with Crippen LogP contribution in [0.25, 0.3) is 11.2 Å². The van der Waals surface area contributed by atoms with Gasteiger partial charge in [0, 0.05) is 12.6 Å². The molecule has 3 aromatic rings. The van der Waals surface area contributed by atoms with Crippen molar-refractivity contribution >= 4 is 22.9 Å². The quantitative estimate of drug-likeness (QED) is 0.742. The molecule has 0 aliphatic rings. The Labute approximate surface area is 139 Å². The van der Waals surface area contributed by atoms with Crippen molar-refractivity contribution in [3.8, 4) is 0 Å². The highest BCUT2D eigenvalue weighted by molar-refractivity contribution is 5.87. The van der Waals surface area contributed by atoms with Crippen molar-refractivity contribution in [3.05, 3.63) is 35.8 Å². The first kappa shape index (κ1) is 16.0. The Hall–Kier alpha value is -2.90. The number of hydrogen-bond acceptors (Lipinski definition) is 6. The van der Waals surface area contributed by atoms with Crippen molar-refractivity contribution in [2.75, 3.05) is 18.5 Å². The van der Waals surface area contributed by atoms with Crippen molar-refractivity contribution in [3.63, 3.8) is 0 Å². The van der Waals surface area contributed by atoms with Gasteiger partial charge in [-0.15, -0.1) is 0 Å². The van der Waals surface area contributed by atoms with Gasteiger partial charge in [0.05, 0.1) is 18.9 Å². The second-order valence-corrected chi connectivity index (χ2v) is 5.81. The monoisotopic (exact) mass is 328 g/mol. The lowest BCUT2D eigenvalue weighted by molar-refractivity contribution is -0.120. The number of hydrogen-bond donors (Lipinski definition) is 2. The lowest BCUT2D eigenvalue weighted by Gasteiger charge is -2.20. The van der Waals surface area contributed by atoms with Crippen LogP contribution in [0.4, 0.5) is 5.82 Å². The Balaban J connectivity index is 1.68. The summed E-state index contributed by atoms with van der Waals surface area (Å²) in [5.41, 5.74) is 2.27. The van der Waals surface area contributed by atoms with E-state index in [2.05, 4.69) is 25.3 Å². The summed E-state index contributed by atoms with van der Waals surface area (Å²) in [5, 5.41) is 2.98. The number of amides is 1. The van der Waals surface area contributed by atoms with E-state index < -0.39 is 0 Å². The molecule has 1 amide bonds. The second kappa shape index (κ2) is 6.31. The van der Waals surface area contributed by atoms with Crippen LogP contribution in [-0.2, 0) is 4.79 Å². The van der Waals surface area contributed by atoms with E-state index in [9.17, 15) is 4.79 Å². The van der Waals surface area contributed by atoms with Crippen LogP contribution in [0.1, 0.15) is 30.0 Å². The molecule has 8 heteroatoms. The SMILES string of the molecule is Cc1cc(C(C)NC(=O)CN(C)c2ncnc3nc[nH]c23)c(C)o1. The smallest absolute Gasteiger partial charge is 0.240 e. The number of rotatable bonds is 5. The minimum absolute atomic E-state index is 0.102. The summed E-state index contributed by atoms with van der Waals surface area (Å²) in [4.78, 5) is 29.5. The van der Waals surface area contributed by atoms with Gasteiger partial charge in [-0.3, -0.25) is 4.79 Å². The Morgan fingerprint density at radius 1 is 1.38 bits per heavy atom. The van der Waals surface area contributed by atoms with E-state index in [1.807, 2.05) is 26.8 Å². The summed E-state index contributed by atoms with van der Waals surface area (Å²) in [7, 11) is 1.81. The predicted molar refractivity (Wildman–Crippen MR) is 89.7 cm³/mol. The number of nitrogens with one attached hydrogen (secondary N) is 2. The zero-order valence-electron chi connectivity index (χ0n) is 14.1. The van der Waals surface area contributed by atoms with Gasteiger partial charge in [0.2, 0.25) is 5.91 Å². The maximum atomic E-state index is 12.4. The van der Waals surface area contributed by atoms with Crippen LogP contribution < -0.4 is 10.2 Å². The number of imidazole rings is 1. The molecule has 0 saturated carbocycles. The molecule has 2 N–H and O–H groups in total. The Bertz CT molecular complexity index is 868. The molecule has 8 nitrogen and oxygen atoms in total. The average Bonchev–Trinajstić information content (AvgIpc) is 3.12. The molecular weight excluding hydrogens is 308 g/mol. The Kier molecular flexibility index (Phi) is 4.20. The topological polar surface area (TPSA) is 99.9 Å². The van der Waals surface area contributed by atoms with Gasteiger partial charge in [-0.25, -0.2) is 15.0 Å². The third-order valence-electron chi connectivity index (χ3n) is 3.87. The van der Waals surface area contributed by atoms with Crippen LogP contribution in [0.5, 0.6) is 0 Å². The molecular formula is C16H20N6O2. The highest BCUT2D eigenvalue weighted by Gasteiger charge is 2.18. The van der Waals surface area contributed by atoms with E-state index in [1.165, 1.54) is 6.33 Å². The van der Waals surface area contributed by atoms with Gasteiger partial charge in [-0.1, -0.05) is 0 Å². The third kappa shape index (κ3) is 3.08. The predicted octanol–water partition coefficient (Wildman–Crippen LogP) is 1.88. The first-order chi connectivity index (χ1) is 11.5. The maximum Gasteiger partial charge on any atom is 0.240 e. The van der Waals surface area contributed by atoms with Crippen LogP contribution in [0, 0.1) is 13.8 Å². The van der Waals surface area contributed by atoms with Gasteiger partial charge >= 0.3 is 0 Å². The van der Waals surface area contributed by atoms with E-state index in [1.54, 1.807) is 18.3 Å². The fraction of sp³-hybridized carbons (Fsp3) is 0.375. The van der Waals surface area contributed by atoms with E-state index in [0.29, 0.717) is 17.0 Å². The number of aromatic nitrogens is 4. The van der Waals surface area contributed by atoms with Gasteiger partial charge in [0.1, 0.15) is 23.4 Å². The summed E-state index contributed by atoms with van der Waals surface area (Å²) < 4.78 is 5.52. The normalized spacial score (nSPS) is 12.3. The number of carbonyl (C=O) groups is 1. The Morgan fingerprint density at radius 3 is 2.88 bits per heavy atom. The fourth-order valence-electron chi connectivity index (χ4n) is 2.78. The van der Waals surface area contributed by atoms with E-state index in [0.717, 1.165) is 17.1 Å². The molecule has 3 heterocycles. The van der Waals surface area contributed by atoms with Crippen molar-refractivity contribution in [1.29, 1.82) is 0 Å². The fourth-order valence-corrected chi connectivity index (χ4v) is 2.78. The second-order valence-electron chi connectivity index (χ2n) is 5.81. The minimum atomic E-state index is -0.124. The van der Waals surface area contributed by atoms with Gasteiger partial charge in [0.15, 0.2) is 11.5 Å². The van der Waals surface area contributed by atoms with Crippen LogP contribution in [-0.4, -0.2) is 39.4 Å². The third-order valence-corrected chi connectivity index (χ3v) is 3.87. The molecule has 0 aliphatic heterocycles. The number of likely N-dealkylation sites (N-methyl/N-ethyl adjacent to an activating group) is 1.